The summed E-state index contributed by atoms with van der Waals surface area (Å²) in [4.78, 5) is 16.0. The minimum Gasteiger partial charge on any atom is -0.359 e. The summed E-state index contributed by atoms with van der Waals surface area (Å²) < 4.78 is 5.13. The fourth-order valence-electron chi connectivity index (χ4n) is 3.38. The number of nitrogens with zero attached hydrogens (tertiary/aromatic N) is 1. The van der Waals surface area contributed by atoms with Gasteiger partial charge in [-0.1, -0.05) is 17.3 Å². The van der Waals surface area contributed by atoms with Crippen molar-refractivity contribution in [2.75, 3.05) is 0 Å². The zero-order valence-electron chi connectivity index (χ0n) is 13.1. The van der Waals surface area contributed by atoms with Crippen molar-refractivity contribution in [2.24, 2.45) is 0 Å². The summed E-state index contributed by atoms with van der Waals surface area (Å²) in [6.45, 7) is 2.20. The molecule has 2 aromatic heterocycles. The number of H-pyrrole nitrogens is 1. The van der Waals surface area contributed by atoms with Crippen molar-refractivity contribution in [1.82, 2.24) is 15.5 Å². The molecule has 0 atom stereocenters. The molecule has 0 spiro atoms. The first-order valence-corrected chi connectivity index (χ1v) is 8.05. The van der Waals surface area contributed by atoms with E-state index in [1.807, 2.05) is 25.1 Å². The lowest BCUT2D eigenvalue weighted by atomic mass is 9.95. The van der Waals surface area contributed by atoms with Crippen molar-refractivity contribution in [3.05, 3.63) is 52.5 Å². The van der Waals surface area contributed by atoms with Crippen LogP contribution in [0.1, 0.15) is 45.9 Å². The molecule has 1 aromatic carbocycles. The van der Waals surface area contributed by atoms with Gasteiger partial charge in [0, 0.05) is 17.1 Å². The van der Waals surface area contributed by atoms with E-state index >= 15 is 0 Å². The van der Waals surface area contributed by atoms with Gasteiger partial charge in [0.2, 0.25) is 0 Å². The van der Waals surface area contributed by atoms with Gasteiger partial charge in [0.05, 0.1) is 23.3 Å². The van der Waals surface area contributed by atoms with E-state index in [0.717, 1.165) is 24.1 Å². The van der Waals surface area contributed by atoms with Gasteiger partial charge in [-0.15, -0.1) is 0 Å². The third-order valence-electron chi connectivity index (χ3n) is 4.48. The Balaban J connectivity index is 1.62. The molecule has 0 unspecified atom stereocenters. The quantitative estimate of drug-likeness (QED) is 0.780. The molecule has 1 aliphatic rings. The Morgan fingerprint density at radius 3 is 3.04 bits per heavy atom. The van der Waals surface area contributed by atoms with Gasteiger partial charge < -0.3 is 14.8 Å². The van der Waals surface area contributed by atoms with E-state index in [-0.39, 0.29) is 5.91 Å². The van der Waals surface area contributed by atoms with E-state index in [1.54, 1.807) is 0 Å². The molecule has 23 heavy (non-hydrogen) atoms. The second-order valence-electron chi connectivity index (χ2n) is 6.13. The number of carbonyl (C=O) groups is 1. The normalized spacial score (nSPS) is 14.0. The molecule has 0 saturated heterocycles. The molecular weight excluding hydrogens is 290 g/mol. The molecular formula is C18H19N3O2. The van der Waals surface area contributed by atoms with Gasteiger partial charge in [-0.2, -0.15) is 0 Å². The molecule has 1 aliphatic carbocycles. The molecule has 0 fully saturated rings. The first kappa shape index (κ1) is 14.1. The maximum atomic E-state index is 12.6. The van der Waals surface area contributed by atoms with E-state index in [9.17, 15) is 4.79 Å². The van der Waals surface area contributed by atoms with Gasteiger partial charge in [0.15, 0.2) is 5.76 Å². The van der Waals surface area contributed by atoms with Gasteiger partial charge in [0.1, 0.15) is 0 Å². The first-order valence-electron chi connectivity index (χ1n) is 8.05. The van der Waals surface area contributed by atoms with Crippen LogP contribution in [0.25, 0.3) is 10.9 Å². The summed E-state index contributed by atoms with van der Waals surface area (Å²) >= 11 is 0. The van der Waals surface area contributed by atoms with E-state index < -0.39 is 0 Å². The number of benzene rings is 1. The van der Waals surface area contributed by atoms with Crippen molar-refractivity contribution in [2.45, 2.75) is 39.2 Å². The molecule has 118 valence electrons. The Morgan fingerprint density at radius 1 is 1.35 bits per heavy atom. The highest BCUT2D eigenvalue weighted by Crippen LogP contribution is 2.30. The molecule has 1 amide bonds. The Kier molecular flexibility index (Phi) is 3.41. The van der Waals surface area contributed by atoms with Crippen LogP contribution < -0.4 is 5.32 Å². The average Bonchev–Trinajstić information content (AvgIpc) is 3.15. The van der Waals surface area contributed by atoms with Gasteiger partial charge in [-0.3, -0.25) is 4.79 Å². The van der Waals surface area contributed by atoms with E-state index in [0.29, 0.717) is 17.9 Å². The number of aromatic nitrogens is 2. The lowest BCUT2D eigenvalue weighted by Crippen LogP contribution is -2.22. The molecule has 2 N–H and O–H groups in total. The molecule has 0 saturated carbocycles. The van der Waals surface area contributed by atoms with Crippen LogP contribution in [0.15, 0.2) is 28.8 Å². The van der Waals surface area contributed by atoms with Crippen molar-refractivity contribution in [1.29, 1.82) is 0 Å². The first-order chi connectivity index (χ1) is 11.2. The lowest BCUT2D eigenvalue weighted by molar-refractivity contribution is 0.0948. The van der Waals surface area contributed by atoms with Gasteiger partial charge in [-0.05, 0) is 44.2 Å². The van der Waals surface area contributed by atoms with E-state index in [4.69, 9.17) is 4.52 Å². The largest absolute Gasteiger partial charge is 0.359 e. The van der Waals surface area contributed by atoms with E-state index in [2.05, 4.69) is 21.5 Å². The maximum Gasteiger partial charge on any atom is 0.253 e. The summed E-state index contributed by atoms with van der Waals surface area (Å²) in [5.41, 5.74) is 5.12. The highest BCUT2D eigenvalue weighted by atomic mass is 16.5. The lowest BCUT2D eigenvalue weighted by Gasteiger charge is -2.10. The molecule has 4 rings (SSSR count). The number of fused-ring (bicyclic) bond motifs is 3. The van der Waals surface area contributed by atoms with Crippen LogP contribution in [-0.4, -0.2) is 16.0 Å². The van der Waals surface area contributed by atoms with Gasteiger partial charge in [0.25, 0.3) is 5.91 Å². The van der Waals surface area contributed by atoms with Crippen LogP contribution >= 0.6 is 0 Å². The molecule has 3 aromatic rings. The van der Waals surface area contributed by atoms with Crippen LogP contribution in [-0.2, 0) is 19.4 Å². The number of hydrogen-bond donors (Lipinski definition) is 2. The summed E-state index contributed by atoms with van der Waals surface area (Å²) in [7, 11) is 0. The minimum atomic E-state index is -0.0942. The Bertz CT molecular complexity index is 876. The predicted octanol–water partition coefficient (Wildman–Crippen LogP) is 3.27. The minimum absolute atomic E-state index is 0.0942. The van der Waals surface area contributed by atoms with Gasteiger partial charge in [-0.25, -0.2) is 0 Å². The SMILES string of the molecule is Cc1cc(CNC(=O)c2cccc3c4c([nH]c23)CCCC4)on1. The monoisotopic (exact) mass is 309 g/mol. The van der Waals surface area contributed by atoms with Crippen molar-refractivity contribution in [3.8, 4) is 0 Å². The molecule has 5 nitrogen and oxygen atoms in total. The highest BCUT2D eigenvalue weighted by molar-refractivity contribution is 6.06. The number of aromatic amines is 1. The number of nitrogens with one attached hydrogen (secondary N) is 2. The molecule has 0 bridgehead atoms. The summed E-state index contributed by atoms with van der Waals surface area (Å²) in [6, 6.07) is 7.75. The van der Waals surface area contributed by atoms with Crippen LogP contribution in [0, 0.1) is 6.92 Å². The number of para-hydroxylation sites is 1. The Hall–Kier alpha value is -2.56. The average molecular weight is 309 g/mol. The third kappa shape index (κ3) is 2.52. The number of amides is 1. The Morgan fingerprint density at radius 2 is 2.22 bits per heavy atom. The fraction of sp³-hybridized carbons (Fsp3) is 0.333. The topological polar surface area (TPSA) is 70.9 Å². The van der Waals surface area contributed by atoms with Crippen molar-refractivity contribution in [3.63, 3.8) is 0 Å². The fourth-order valence-corrected chi connectivity index (χ4v) is 3.38. The zero-order valence-corrected chi connectivity index (χ0v) is 13.1. The summed E-state index contributed by atoms with van der Waals surface area (Å²) in [5.74, 6) is 0.567. The van der Waals surface area contributed by atoms with Crippen molar-refractivity contribution >= 4 is 16.8 Å². The van der Waals surface area contributed by atoms with Crippen LogP contribution in [0.4, 0.5) is 0 Å². The number of hydrogen-bond acceptors (Lipinski definition) is 3. The second kappa shape index (κ2) is 5.57. The van der Waals surface area contributed by atoms with Crippen LogP contribution in [0.5, 0.6) is 0 Å². The van der Waals surface area contributed by atoms with Crippen LogP contribution in [0.2, 0.25) is 0 Å². The number of aryl methyl sites for hydroxylation is 3. The van der Waals surface area contributed by atoms with Crippen LogP contribution in [0.3, 0.4) is 0 Å². The third-order valence-corrected chi connectivity index (χ3v) is 4.48. The number of carbonyl (C=O) groups excluding carboxylic acids is 1. The highest BCUT2D eigenvalue weighted by Gasteiger charge is 2.19. The Labute approximate surface area is 134 Å². The summed E-state index contributed by atoms with van der Waals surface area (Å²) in [6.07, 6.45) is 4.60. The standard InChI is InChI=1S/C18H19N3O2/c1-11-9-12(23-21-11)10-19-18(22)15-7-4-6-14-13-5-2-3-8-16(13)20-17(14)15/h4,6-7,9,20H,2-3,5,8,10H2,1H3,(H,19,22). The smallest absolute Gasteiger partial charge is 0.253 e. The second-order valence-corrected chi connectivity index (χ2v) is 6.13. The van der Waals surface area contributed by atoms with Crippen molar-refractivity contribution < 1.29 is 9.32 Å². The summed E-state index contributed by atoms with van der Waals surface area (Å²) in [5, 5.41) is 7.92. The molecule has 5 heteroatoms. The van der Waals surface area contributed by atoms with E-state index in [1.165, 1.54) is 29.5 Å². The molecule has 0 aliphatic heterocycles. The van der Waals surface area contributed by atoms with Gasteiger partial charge >= 0.3 is 0 Å². The number of rotatable bonds is 3. The molecule has 2 heterocycles. The maximum absolute atomic E-state index is 12.6. The zero-order chi connectivity index (χ0) is 15.8. The molecule has 0 radical (unpaired) electrons. The predicted molar refractivity (Wildman–Crippen MR) is 87.4 cm³/mol.